The first kappa shape index (κ1) is 32.4. The van der Waals surface area contributed by atoms with Crippen molar-refractivity contribution in [2.75, 3.05) is 18.5 Å². The number of thiophene rings is 1. The lowest BCUT2D eigenvalue weighted by Crippen LogP contribution is -2.50. The predicted molar refractivity (Wildman–Crippen MR) is 166 cm³/mol. The molecule has 232 valence electrons. The second kappa shape index (κ2) is 16.3. The summed E-state index contributed by atoms with van der Waals surface area (Å²) in [6.45, 7) is 2.41. The van der Waals surface area contributed by atoms with Crippen molar-refractivity contribution in [3.63, 3.8) is 0 Å². The van der Waals surface area contributed by atoms with E-state index in [0.717, 1.165) is 27.8 Å². The van der Waals surface area contributed by atoms with E-state index in [2.05, 4.69) is 20.9 Å². The number of rotatable bonds is 16. The van der Waals surface area contributed by atoms with E-state index in [0.29, 0.717) is 48.5 Å². The van der Waals surface area contributed by atoms with Crippen molar-refractivity contribution in [2.45, 2.75) is 70.4 Å². The van der Waals surface area contributed by atoms with Gasteiger partial charge in [-0.25, -0.2) is 14.8 Å². The van der Waals surface area contributed by atoms with Crippen LogP contribution in [-0.2, 0) is 25.5 Å². The summed E-state index contributed by atoms with van der Waals surface area (Å²) >= 11 is 2.80. The van der Waals surface area contributed by atoms with Gasteiger partial charge in [0.25, 0.3) is 0 Å². The number of nitrogens with zero attached hydrogens (tertiary/aromatic N) is 2. The van der Waals surface area contributed by atoms with Gasteiger partial charge < -0.3 is 20.7 Å². The topological polar surface area (TPSA) is 150 Å². The molecule has 3 atom stereocenters. The van der Waals surface area contributed by atoms with Gasteiger partial charge in [-0.2, -0.15) is 0 Å². The summed E-state index contributed by atoms with van der Waals surface area (Å²) in [4.78, 5) is 55.3. The molecule has 1 aliphatic rings. The molecule has 1 fully saturated rings. The first-order valence-corrected chi connectivity index (χ1v) is 16.3. The fourth-order valence-electron chi connectivity index (χ4n) is 5.23. The molecule has 0 saturated heterocycles. The third-order valence-corrected chi connectivity index (χ3v) is 9.58. The maximum atomic E-state index is 13.7. The van der Waals surface area contributed by atoms with Crippen LogP contribution in [0.1, 0.15) is 56.7 Å². The lowest BCUT2D eigenvalue weighted by molar-refractivity contribution is -0.166. The lowest BCUT2D eigenvalue weighted by Gasteiger charge is -2.28. The average molecular weight is 630 g/mol. The van der Waals surface area contributed by atoms with E-state index in [-0.39, 0.29) is 12.8 Å². The molecule has 11 nitrogen and oxygen atoms in total. The largest absolute Gasteiger partial charge is 0.449 e. The van der Waals surface area contributed by atoms with Crippen molar-refractivity contribution in [2.24, 2.45) is 11.8 Å². The van der Waals surface area contributed by atoms with Gasteiger partial charge in [0, 0.05) is 27.7 Å². The molecule has 1 aliphatic carbocycles. The Balaban J connectivity index is 1.37. The molecule has 0 bridgehead atoms. The Labute approximate surface area is 259 Å². The van der Waals surface area contributed by atoms with Gasteiger partial charge in [0.1, 0.15) is 6.04 Å². The molecule has 1 saturated carbocycles. The highest BCUT2D eigenvalue weighted by atomic mass is 32.1. The second-order valence-corrected chi connectivity index (χ2v) is 12.9. The number of hydroxylamine groups is 2. The molecule has 1 aromatic carbocycles. The summed E-state index contributed by atoms with van der Waals surface area (Å²) in [5.41, 5.74) is 0. The van der Waals surface area contributed by atoms with Gasteiger partial charge >= 0.3 is 6.09 Å². The average Bonchev–Trinajstić information content (AvgIpc) is 3.79. The third kappa shape index (κ3) is 9.73. The number of alkyl carbamates (subject to hydrolysis) is 1. The molecular weight excluding hydrogens is 590 g/mol. The molecule has 4 rings (SSSR count). The van der Waals surface area contributed by atoms with Crippen LogP contribution in [0.2, 0.25) is 0 Å². The van der Waals surface area contributed by atoms with Crippen LogP contribution < -0.4 is 16.0 Å². The molecule has 0 aliphatic heterocycles. The maximum Gasteiger partial charge on any atom is 0.407 e. The number of thiazole rings is 1. The van der Waals surface area contributed by atoms with E-state index in [4.69, 9.17) is 4.74 Å². The molecule has 4 amide bonds. The van der Waals surface area contributed by atoms with Crippen LogP contribution in [0.3, 0.4) is 0 Å². The van der Waals surface area contributed by atoms with Crippen LogP contribution in [0.25, 0.3) is 10.1 Å². The fraction of sp³-hybridized carbons (Fsp3) is 0.500. The zero-order valence-corrected chi connectivity index (χ0v) is 25.8. The first-order chi connectivity index (χ1) is 20.8. The molecule has 3 aromatic rings. The maximum absolute atomic E-state index is 13.7. The summed E-state index contributed by atoms with van der Waals surface area (Å²) < 4.78 is 6.39. The Morgan fingerprint density at radius 3 is 2.70 bits per heavy atom. The van der Waals surface area contributed by atoms with Crippen molar-refractivity contribution in [3.05, 3.63) is 46.8 Å². The Kier molecular flexibility index (Phi) is 12.3. The van der Waals surface area contributed by atoms with Crippen molar-refractivity contribution < 1.29 is 29.1 Å². The summed E-state index contributed by atoms with van der Waals surface area (Å²) in [5, 5.41) is 22.2. The normalized spacial score (nSPS) is 15.4. The minimum atomic E-state index is -0.897. The second-order valence-electron chi connectivity index (χ2n) is 10.8. The van der Waals surface area contributed by atoms with Gasteiger partial charge in [0.05, 0.1) is 18.6 Å². The zero-order chi connectivity index (χ0) is 30.6. The quantitative estimate of drug-likeness (QED) is 0.0757. The fourth-order valence-corrected chi connectivity index (χ4v) is 6.88. The van der Waals surface area contributed by atoms with Crippen LogP contribution in [0.4, 0.5) is 9.93 Å². The van der Waals surface area contributed by atoms with E-state index >= 15 is 0 Å². The number of ether oxygens (including phenoxy) is 1. The summed E-state index contributed by atoms with van der Waals surface area (Å²) in [6, 6.07) is 8.12. The summed E-state index contributed by atoms with van der Waals surface area (Å²) in [5.74, 6) is -1.26. The number of fused-ring (bicyclic) bond motifs is 1. The van der Waals surface area contributed by atoms with Crippen molar-refractivity contribution in [3.8, 4) is 0 Å². The Hall–Kier alpha value is -3.55. The number of unbranched alkanes of at least 4 members (excludes halogenated alkanes) is 1. The Morgan fingerprint density at radius 1 is 1.19 bits per heavy atom. The number of hydrogen-bond acceptors (Lipinski definition) is 9. The zero-order valence-electron chi connectivity index (χ0n) is 24.2. The molecular formula is C30H39N5O6S2. The first-order valence-electron chi connectivity index (χ1n) is 14.7. The molecule has 0 spiro atoms. The minimum Gasteiger partial charge on any atom is -0.449 e. The van der Waals surface area contributed by atoms with Crippen molar-refractivity contribution >= 4 is 62.2 Å². The monoisotopic (exact) mass is 629 g/mol. The van der Waals surface area contributed by atoms with E-state index in [9.17, 15) is 24.4 Å². The number of amides is 4. The number of nitrogens with one attached hydrogen (secondary N) is 3. The standard InChI is InChI=1S/C30H39N5O6S2/c1-20(35(40)19-36)24(17-23-16-22-10-4-5-12-26(22)43-23)27(37)33-25(28(38)34-29-31-14-15-42-29)11-6-7-13-32-30(39)41-18-21-8-2-3-9-21/h4-5,10,12,14-16,19-21,24-25,40H,2-3,6-9,11,13,17-18H2,1H3,(H,32,39)(H,33,37)(H,31,34,38)/t20-,24+,25-/m0/s1. The van der Waals surface area contributed by atoms with Gasteiger partial charge in [-0.15, -0.1) is 22.7 Å². The van der Waals surface area contributed by atoms with E-state index in [1.807, 2.05) is 30.3 Å². The number of carbonyl (C=O) groups is 4. The Bertz CT molecular complexity index is 1310. The van der Waals surface area contributed by atoms with Crippen molar-refractivity contribution in [1.29, 1.82) is 0 Å². The Morgan fingerprint density at radius 2 is 1.98 bits per heavy atom. The van der Waals surface area contributed by atoms with Gasteiger partial charge in [0.15, 0.2) is 5.13 Å². The number of hydrogen-bond donors (Lipinski definition) is 4. The van der Waals surface area contributed by atoms with Gasteiger partial charge in [-0.05, 0) is 68.9 Å². The van der Waals surface area contributed by atoms with E-state index in [1.165, 1.54) is 24.2 Å². The molecule has 43 heavy (non-hydrogen) atoms. The lowest BCUT2D eigenvalue weighted by atomic mass is 9.94. The number of anilines is 1. The highest BCUT2D eigenvalue weighted by Crippen LogP contribution is 2.29. The minimum absolute atomic E-state index is 0.269. The molecule has 0 unspecified atom stereocenters. The SMILES string of the molecule is C[C@@H]([C@@H](Cc1cc2ccccc2s1)C(=O)N[C@@H](CCCCNC(=O)OCC1CCCC1)C(=O)Nc1nccs1)N(O)C=O. The number of aromatic nitrogens is 1. The summed E-state index contributed by atoms with van der Waals surface area (Å²) in [6.07, 6.45) is 7.65. The van der Waals surface area contributed by atoms with Crippen LogP contribution in [0.5, 0.6) is 0 Å². The van der Waals surface area contributed by atoms with Gasteiger partial charge in [0.2, 0.25) is 18.2 Å². The van der Waals surface area contributed by atoms with Crippen LogP contribution in [0, 0.1) is 11.8 Å². The van der Waals surface area contributed by atoms with Crippen LogP contribution in [-0.4, -0.2) is 64.8 Å². The molecule has 4 N–H and O–H groups in total. The predicted octanol–water partition coefficient (Wildman–Crippen LogP) is 4.96. The van der Waals surface area contributed by atoms with Gasteiger partial charge in [-0.1, -0.05) is 31.0 Å². The highest BCUT2D eigenvalue weighted by molar-refractivity contribution is 7.19. The molecule has 2 aromatic heterocycles. The van der Waals surface area contributed by atoms with Gasteiger partial charge in [-0.3, -0.25) is 19.6 Å². The molecule has 2 heterocycles. The number of carbonyl (C=O) groups excluding carboxylic acids is 4. The van der Waals surface area contributed by atoms with Crippen LogP contribution >= 0.6 is 22.7 Å². The highest BCUT2D eigenvalue weighted by Gasteiger charge is 2.32. The van der Waals surface area contributed by atoms with Crippen molar-refractivity contribution in [1.82, 2.24) is 20.7 Å². The smallest absolute Gasteiger partial charge is 0.407 e. The third-order valence-electron chi connectivity index (χ3n) is 7.75. The summed E-state index contributed by atoms with van der Waals surface area (Å²) in [7, 11) is 0. The van der Waals surface area contributed by atoms with E-state index < -0.39 is 35.9 Å². The molecule has 13 heteroatoms. The van der Waals surface area contributed by atoms with Crippen LogP contribution in [0.15, 0.2) is 41.9 Å². The molecule has 0 radical (unpaired) electrons. The van der Waals surface area contributed by atoms with E-state index in [1.54, 1.807) is 29.8 Å². The number of benzene rings is 1.